The van der Waals surface area contributed by atoms with Crippen LogP contribution >= 0.6 is 11.8 Å². The van der Waals surface area contributed by atoms with Gasteiger partial charge >= 0.3 is 0 Å². The number of thioether (sulfide) groups is 1. The lowest BCUT2D eigenvalue weighted by atomic mass is 10.2. The number of amides is 1. The van der Waals surface area contributed by atoms with E-state index in [4.69, 9.17) is 0 Å². The highest BCUT2D eigenvalue weighted by atomic mass is 32.2. The molecule has 1 N–H and O–H groups in total. The molecule has 1 aromatic rings. The molecule has 0 aromatic heterocycles. The summed E-state index contributed by atoms with van der Waals surface area (Å²) in [6.07, 6.45) is 2.47. The van der Waals surface area contributed by atoms with Gasteiger partial charge < -0.3 is 5.32 Å². The quantitative estimate of drug-likeness (QED) is 0.656. The zero-order valence-corrected chi connectivity index (χ0v) is 10.3. The largest absolute Gasteiger partial charge is 0.303 e. The molecule has 1 unspecified atom stereocenters. The van der Waals surface area contributed by atoms with Gasteiger partial charge in [0.25, 0.3) is 0 Å². The van der Waals surface area contributed by atoms with Crippen LogP contribution in [0, 0.1) is 0 Å². The van der Waals surface area contributed by atoms with Crippen LogP contribution in [0.2, 0.25) is 0 Å². The van der Waals surface area contributed by atoms with Crippen LogP contribution in [0.3, 0.4) is 0 Å². The van der Waals surface area contributed by atoms with Gasteiger partial charge in [0.2, 0.25) is 5.91 Å². The summed E-state index contributed by atoms with van der Waals surface area (Å²) >= 11 is 1.43. The highest BCUT2D eigenvalue weighted by molar-refractivity contribution is 8.15. The van der Waals surface area contributed by atoms with Crippen molar-refractivity contribution in [3.05, 3.63) is 35.9 Å². The Morgan fingerprint density at radius 3 is 2.82 bits per heavy atom. The van der Waals surface area contributed by atoms with Crippen LogP contribution in [0.5, 0.6) is 0 Å². The molecule has 1 heterocycles. The average molecular weight is 247 g/mol. The molecule has 1 aliphatic rings. The van der Waals surface area contributed by atoms with E-state index in [0.717, 1.165) is 12.0 Å². The molecule has 0 radical (unpaired) electrons. The van der Waals surface area contributed by atoms with Crippen LogP contribution in [0.15, 0.2) is 40.5 Å². The molecule has 88 valence electrons. The van der Waals surface area contributed by atoms with E-state index in [9.17, 15) is 4.79 Å². The first-order valence-corrected chi connectivity index (χ1v) is 6.31. The van der Waals surface area contributed by atoms with Gasteiger partial charge in [0.15, 0.2) is 5.17 Å². The smallest absolute Gasteiger partial charge is 0.239 e. The molecule has 0 spiro atoms. The van der Waals surface area contributed by atoms with Crippen molar-refractivity contribution in [2.45, 2.75) is 18.6 Å². The second kappa shape index (κ2) is 5.63. The molecule has 1 amide bonds. The first-order chi connectivity index (χ1) is 8.29. The minimum absolute atomic E-state index is 0.0196. The molecule has 1 saturated heterocycles. The first kappa shape index (κ1) is 11.9. The Bertz CT molecular complexity index is 456. The Labute approximate surface area is 104 Å². The summed E-state index contributed by atoms with van der Waals surface area (Å²) in [6.45, 7) is 1.98. The van der Waals surface area contributed by atoms with E-state index in [0.29, 0.717) is 5.17 Å². The highest BCUT2D eigenvalue weighted by Crippen LogP contribution is 2.21. The van der Waals surface area contributed by atoms with Gasteiger partial charge in [-0.1, -0.05) is 49.0 Å². The molecular weight excluding hydrogens is 234 g/mol. The minimum Gasteiger partial charge on any atom is -0.303 e. The van der Waals surface area contributed by atoms with Crippen LogP contribution in [-0.4, -0.2) is 22.5 Å². The molecular formula is C12H13N3OS. The van der Waals surface area contributed by atoms with Crippen molar-refractivity contribution >= 4 is 29.1 Å². The Balaban J connectivity index is 1.98. The number of hydrogen-bond donors (Lipinski definition) is 1. The average Bonchev–Trinajstić information content (AvgIpc) is 2.71. The molecule has 2 rings (SSSR count). The minimum atomic E-state index is -0.0272. The SMILES string of the molecule is CCC1S/C(=N/N=Cc2ccccc2)NC1=O. The molecule has 1 aromatic carbocycles. The van der Waals surface area contributed by atoms with Crippen molar-refractivity contribution in [3.63, 3.8) is 0 Å². The standard InChI is InChI=1S/C12H13N3OS/c1-2-10-11(16)14-12(17-10)15-13-8-9-6-4-3-5-7-9/h3-8,10H,2H2,1H3,(H,14,15,16). The summed E-state index contributed by atoms with van der Waals surface area (Å²) in [4.78, 5) is 11.4. The fourth-order valence-electron chi connectivity index (χ4n) is 1.41. The van der Waals surface area contributed by atoms with Crippen LogP contribution in [-0.2, 0) is 4.79 Å². The van der Waals surface area contributed by atoms with E-state index >= 15 is 0 Å². The molecule has 0 saturated carbocycles. The molecule has 1 aliphatic heterocycles. The van der Waals surface area contributed by atoms with Crippen LogP contribution < -0.4 is 5.32 Å². The molecule has 1 atom stereocenters. The maximum absolute atomic E-state index is 11.4. The Morgan fingerprint density at radius 1 is 1.41 bits per heavy atom. The van der Waals surface area contributed by atoms with E-state index in [1.807, 2.05) is 37.3 Å². The van der Waals surface area contributed by atoms with Gasteiger partial charge in [0.1, 0.15) is 0 Å². The van der Waals surface area contributed by atoms with E-state index in [2.05, 4.69) is 15.5 Å². The van der Waals surface area contributed by atoms with Crippen LogP contribution in [0.25, 0.3) is 0 Å². The number of nitrogens with one attached hydrogen (secondary N) is 1. The number of amidine groups is 1. The molecule has 4 nitrogen and oxygen atoms in total. The van der Waals surface area contributed by atoms with Crippen molar-refractivity contribution in [2.24, 2.45) is 10.2 Å². The Kier molecular flexibility index (Phi) is 3.93. The number of hydrogen-bond acceptors (Lipinski definition) is 4. The van der Waals surface area contributed by atoms with Crippen LogP contribution in [0.1, 0.15) is 18.9 Å². The molecule has 0 bridgehead atoms. The molecule has 17 heavy (non-hydrogen) atoms. The zero-order valence-electron chi connectivity index (χ0n) is 9.46. The third-order valence-electron chi connectivity index (χ3n) is 2.30. The van der Waals surface area contributed by atoms with Crippen molar-refractivity contribution in [3.8, 4) is 0 Å². The number of carbonyl (C=O) groups is 1. The first-order valence-electron chi connectivity index (χ1n) is 5.43. The van der Waals surface area contributed by atoms with Gasteiger partial charge in [0.05, 0.1) is 11.5 Å². The van der Waals surface area contributed by atoms with Gasteiger partial charge in [0, 0.05) is 0 Å². The zero-order chi connectivity index (χ0) is 12.1. The predicted molar refractivity (Wildman–Crippen MR) is 71.3 cm³/mol. The van der Waals surface area contributed by atoms with E-state index < -0.39 is 0 Å². The topological polar surface area (TPSA) is 53.8 Å². The van der Waals surface area contributed by atoms with Crippen molar-refractivity contribution in [2.75, 3.05) is 0 Å². The highest BCUT2D eigenvalue weighted by Gasteiger charge is 2.28. The predicted octanol–water partition coefficient (Wildman–Crippen LogP) is 2.02. The molecule has 0 aliphatic carbocycles. The summed E-state index contributed by atoms with van der Waals surface area (Å²) in [5, 5.41) is 11.2. The lowest BCUT2D eigenvalue weighted by molar-refractivity contribution is -0.118. The summed E-state index contributed by atoms with van der Waals surface area (Å²) in [5.74, 6) is 0.0196. The maximum atomic E-state index is 11.4. The Morgan fingerprint density at radius 2 is 2.18 bits per heavy atom. The lowest BCUT2D eigenvalue weighted by Gasteiger charge is -1.95. The van der Waals surface area contributed by atoms with E-state index in [1.54, 1.807) is 6.21 Å². The van der Waals surface area contributed by atoms with E-state index in [-0.39, 0.29) is 11.2 Å². The third kappa shape index (κ3) is 3.17. The fraction of sp³-hybridized carbons (Fsp3) is 0.250. The van der Waals surface area contributed by atoms with E-state index in [1.165, 1.54) is 11.8 Å². The number of carbonyl (C=O) groups excluding carboxylic acids is 1. The summed E-state index contributed by atoms with van der Waals surface area (Å²) < 4.78 is 0. The monoisotopic (exact) mass is 247 g/mol. The Hall–Kier alpha value is -1.62. The van der Waals surface area contributed by atoms with Crippen LogP contribution in [0.4, 0.5) is 0 Å². The summed E-state index contributed by atoms with van der Waals surface area (Å²) in [6, 6.07) is 9.71. The van der Waals surface area contributed by atoms with Gasteiger partial charge in [-0.05, 0) is 12.0 Å². The molecule has 1 fully saturated rings. The van der Waals surface area contributed by atoms with Gasteiger partial charge in [-0.25, -0.2) is 0 Å². The summed E-state index contributed by atoms with van der Waals surface area (Å²) in [5.41, 5.74) is 0.984. The van der Waals surface area contributed by atoms with Gasteiger partial charge in [-0.15, -0.1) is 5.10 Å². The normalized spacial score (nSPS) is 22.3. The molecule has 5 heteroatoms. The van der Waals surface area contributed by atoms with Crippen molar-refractivity contribution in [1.29, 1.82) is 0 Å². The van der Waals surface area contributed by atoms with Gasteiger partial charge in [-0.3, -0.25) is 4.79 Å². The third-order valence-corrected chi connectivity index (χ3v) is 3.54. The van der Waals surface area contributed by atoms with Crippen molar-refractivity contribution < 1.29 is 4.79 Å². The van der Waals surface area contributed by atoms with Gasteiger partial charge in [-0.2, -0.15) is 5.10 Å². The summed E-state index contributed by atoms with van der Waals surface area (Å²) in [7, 11) is 0. The fourth-order valence-corrected chi connectivity index (χ4v) is 2.26. The number of nitrogens with zero attached hydrogens (tertiary/aromatic N) is 2. The second-order valence-electron chi connectivity index (χ2n) is 3.56. The number of rotatable bonds is 3. The maximum Gasteiger partial charge on any atom is 0.239 e. The lowest BCUT2D eigenvalue weighted by Crippen LogP contribution is -2.24. The number of benzene rings is 1. The second-order valence-corrected chi connectivity index (χ2v) is 4.76. The van der Waals surface area contributed by atoms with Crippen molar-refractivity contribution in [1.82, 2.24) is 5.32 Å².